The first-order valence-electron chi connectivity index (χ1n) is 7.30. The number of hydrogen-bond donors (Lipinski definition) is 1. The van der Waals surface area contributed by atoms with Crippen molar-refractivity contribution in [1.29, 1.82) is 0 Å². The molecule has 0 radical (unpaired) electrons. The van der Waals surface area contributed by atoms with Gasteiger partial charge in [-0.2, -0.15) is 11.8 Å². The highest BCUT2D eigenvalue weighted by atomic mass is 32.2. The van der Waals surface area contributed by atoms with Crippen molar-refractivity contribution in [2.45, 2.75) is 37.0 Å². The van der Waals surface area contributed by atoms with Crippen LogP contribution in [0, 0.1) is 5.92 Å². The van der Waals surface area contributed by atoms with Gasteiger partial charge in [-0.25, -0.2) is 0 Å². The summed E-state index contributed by atoms with van der Waals surface area (Å²) in [7, 11) is 4.37. The van der Waals surface area contributed by atoms with Crippen LogP contribution in [0.15, 0.2) is 0 Å². The van der Waals surface area contributed by atoms with Crippen molar-refractivity contribution in [2.24, 2.45) is 11.7 Å². The Morgan fingerprint density at radius 3 is 2.44 bits per heavy atom. The molecule has 2 aliphatic heterocycles. The van der Waals surface area contributed by atoms with Gasteiger partial charge in [0.2, 0.25) is 0 Å². The maximum atomic E-state index is 6.14. The van der Waals surface area contributed by atoms with Crippen molar-refractivity contribution in [1.82, 2.24) is 9.80 Å². The first-order valence-corrected chi connectivity index (χ1v) is 8.35. The molecule has 2 heterocycles. The van der Waals surface area contributed by atoms with E-state index in [0.717, 1.165) is 12.5 Å². The van der Waals surface area contributed by atoms with Crippen LogP contribution in [0.3, 0.4) is 0 Å². The average molecular weight is 271 g/mol. The molecule has 0 aromatic rings. The monoisotopic (exact) mass is 271 g/mol. The van der Waals surface area contributed by atoms with Gasteiger partial charge in [-0.1, -0.05) is 6.92 Å². The summed E-state index contributed by atoms with van der Waals surface area (Å²) in [6, 6.07) is 0. The molecule has 0 bridgehead atoms. The van der Waals surface area contributed by atoms with E-state index in [1.54, 1.807) is 0 Å². The molecule has 0 amide bonds. The molecule has 2 aliphatic rings. The van der Waals surface area contributed by atoms with Crippen molar-refractivity contribution in [2.75, 3.05) is 46.0 Å². The number of nitrogens with two attached hydrogens (primary N) is 1. The molecule has 2 atom stereocenters. The van der Waals surface area contributed by atoms with E-state index in [4.69, 9.17) is 5.73 Å². The number of nitrogens with zero attached hydrogens (tertiary/aromatic N) is 2. The number of hydrogen-bond acceptors (Lipinski definition) is 4. The molecule has 2 fully saturated rings. The minimum Gasteiger partial charge on any atom is -0.329 e. The third-order valence-electron chi connectivity index (χ3n) is 4.88. The van der Waals surface area contributed by atoms with Crippen molar-refractivity contribution in [3.63, 3.8) is 0 Å². The third-order valence-corrected chi connectivity index (χ3v) is 6.26. The fourth-order valence-corrected chi connectivity index (χ4v) is 5.16. The third kappa shape index (κ3) is 2.87. The Morgan fingerprint density at radius 1 is 1.33 bits per heavy atom. The highest BCUT2D eigenvalue weighted by Gasteiger charge is 2.45. The summed E-state index contributed by atoms with van der Waals surface area (Å²) < 4.78 is 0. The summed E-state index contributed by atoms with van der Waals surface area (Å²) in [6.45, 7) is 6.95. The number of rotatable bonds is 4. The Labute approximate surface area is 116 Å². The average Bonchev–Trinajstić information content (AvgIpc) is 2.72. The highest BCUT2D eigenvalue weighted by Crippen LogP contribution is 2.41. The molecule has 0 aromatic carbocycles. The zero-order valence-corrected chi connectivity index (χ0v) is 13.0. The summed E-state index contributed by atoms with van der Waals surface area (Å²) in [5.41, 5.74) is 6.44. The first-order chi connectivity index (χ1) is 8.58. The molecule has 2 unspecified atom stereocenters. The fourth-order valence-electron chi connectivity index (χ4n) is 3.66. The van der Waals surface area contributed by atoms with Crippen molar-refractivity contribution < 1.29 is 0 Å². The van der Waals surface area contributed by atoms with E-state index in [-0.39, 0.29) is 0 Å². The minimum atomic E-state index is 0.299. The van der Waals surface area contributed by atoms with Gasteiger partial charge in [-0.3, -0.25) is 4.90 Å². The number of likely N-dealkylation sites (tertiary alicyclic amines) is 1. The van der Waals surface area contributed by atoms with Gasteiger partial charge in [0.05, 0.1) is 0 Å². The van der Waals surface area contributed by atoms with E-state index in [1.807, 2.05) is 0 Å². The summed E-state index contributed by atoms with van der Waals surface area (Å²) in [6.07, 6.45) is 3.97. The van der Waals surface area contributed by atoms with Gasteiger partial charge in [-0.15, -0.1) is 0 Å². The standard InChI is InChI=1S/C14H29N3S/c1-12-14(11-15,6-9-18-12)17-7-4-13(5-8-17)10-16(2)3/h12-13H,4-11,15H2,1-3H3. The number of piperidine rings is 1. The molecule has 2 rings (SSSR count). The second-order valence-electron chi connectivity index (χ2n) is 6.26. The lowest BCUT2D eigenvalue weighted by atomic mass is 9.86. The van der Waals surface area contributed by atoms with E-state index in [2.05, 4.69) is 42.6 Å². The van der Waals surface area contributed by atoms with Crippen LogP contribution < -0.4 is 5.73 Å². The van der Waals surface area contributed by atoms with Gasteiger partial charge >= 0.3 is 0 Å². The van der Waals surface area contributed by atoms with Crippen LogP contribution >= 0.6 is 11.8 Å². The second kappa shape index (κ2) is 6.12. The van der Waals surface area contributed by atoms with Crippen LogP contribution in [0.1, 0.15) is 26.2 Å². The lowest BCUT2D eigenvalue weighted by Crippen LogP contribution is -2.59. The second-order valence-corrected chi connectivity index (χ2v) is 7.71. The zero-order valence-electron chi connectivity index (χ0n) is 12.2. The Balaban J connectivity index is 1.92. The normalized spacial score (nSPS) is 35.5. The smallest absolute Gasteiger partial charge is 0.0455 e. The molecule has 106 valence electrons. The Bertz CT molecular complexity index is 264. The summed E-state index contributed by atoms with van der Waals surface area (Å²) in [5.74, 6) is 2.17. The van der Waals surface area contributed by atoms with Crippen LogP contribution in [0.25, 0.3) is 0 Å². The summed E-state index contributed by atoms with van der Waals surface area (Å²) in [4.78, 5) is 5.04. The van der Waals surface area contributed by atoms with Crippen molar-refractivity contribution >= 4 is 11.8 Å². The molecule has 0 aromatic heterocycles. The first kappa shape index (κ1) is 14.6. The van der Waals surface area contributed by atoms with Gasteiger partial charge in [-0.05, 0) is 58.1 Å². The molecule has 2 N–H and O–H groups in total. The topological polar surface area (TPSA) is 32.5 Å². The van der Waals surface area contributed by atoms with Crippen LogP contribution in [0.2, 0.25) is 0 Å². The molecule has 0 spiro atoms. The van der Waals surface area contributed by atoms with Gasteiger partial charge in [0, 0.05) is 23.9 Å². The van der Waals surface area contributed by atoms with Gasteiger partial charge in [0.25, 0.3) is 0 Å². The molecule has 0 saturated carbocycles. The van der Waals surface area contributed by atoms with E-state index in [9.17, 15) is 0 Å². The van der Waals surface area contributed by atoms with E-state index in [0.29, 0.717) is 10.8 Å². The van der Waals surface area contributed by atoms with Crippen molar-refractivity contribution in [3.8, 4) is 0 Å². The Hall–Kier alpha value is 0.230. The summed E-state index contributed by atoms with van der Waals surface area (Å²) in [5, 5.41) is 0.702. The molecule has 18 heavy (non-hydrogen) atoms. The lowest BCUT2D eigenvalue weighted by molar-refractivity contribution is 0.0527. The van der Waals surface area contributed by atoms with Crippen LogP contribution in [0.4, 0.5) is 0 Å². The molecular weight excluding hydrogens is 242 g/mol. The molecule has 0 aliphatic carbocycles. The minimum absolute atomic E-state index is 0.299. The lowest BCUT2D eigenvalue weighted by Gasteiger charge is -2.47. The van der Waals surface area contributed by atoms with Gasteiger partial charge in [0.1, 0.15) is 0 Å². The maximum absolute atomic E-state index is 6.14. The predicted octanol–water partition coefficient (Wildman–Crippen LogP) is 1.48. The van der Waals surface area contributed by atoms with E-state index < -0.39 is 0 Å². The van der Waals surface area contributed by atoms with Crippen LogP contribution in [-0.2, 0) is 0 Å². The zero-order chi connectivity index (χ0) is 13.2. The van der Waals surface area contributed by atoms with Crippen LogP contribution in [0.5, 0.6) is 0 Å². The number of thioether (sulfide) groups is 1. The van der Waals surface area contributed by atoms with Gasteiger partial charge in [0.15, 0.2) is 0 Å². The molecule has 4 heteroatoms. The Kier molecular flexibility index (Phi) is 4.98. The van der Waals surface area contributed by atoms with Gasteiger partial charge < -0.3 is 10.6 Å². The highest BCUT2D eigenvalue weighted by molar-refractivity contribution is 8.00. The van der Waals surface area contributed by atoms with E-state index >= 15 is 0 Å². The van der Waals surface area contributed by atoms with Crippen LogP contribution in [-0.4, -0.2) is 66.6 Å². The van der Waals surface area contributed by atoms with Crippen molar-refractivity contribution in [3.05, 3.63) is 0 Å². The molecule has 2 saturated heterocycles. The Morgan fingerprint density at radius 2 is 2.00 bits per heavy atom. The molecule has 3 nitrogen and oxygen atoms in total. The maximum Gasteiger partial charge on any atom is 0.0455 e. The van der Waals surface area contributed by atoms with E-state index in [1.165, 1.54) is 44.6 Å². The SMILES string of the molecule is CC1SCCC1(CN)N1CCC(CN(C)C)CC1. The summed E-state index contributed by atoms with van der Waals surface area (Å²) >= 11 is 2.10. The predicted molar refractivity (Wildman–Crippen MR) is 81.2 cm³/mol. The largest absolute Gasteiger partial charge is 0.329 e. The fraction of sp³-hybridized carbons (Fsp3) is 1.00. The quantitative estimate of drug-likeness (QED) is 0.839. The molecular formula is C14H29N3S.